The van der Waals surface area contributed by atoms with E-state index in [0.717, 1.165) is 15.4 Å². The van der Waals surface area contributed by atoms with Crippen LogP contribution in [0, 0.1) is 0 Å². The summed E-state index contributed by atoms with van der Waals surface area (Å²) >= 11 is 11.2. The second-order valence-corrected chi connectivity index (χ2v) is 6.40. The molecule has 0 aromatic carbocycles. The monoisotopic (exact) mass is 306 g/mol. The van der Waals surface area contributed by atoms with Crippen LogP contribution in [0.15, 0.2) is 16.7 Å². The van der Waals surface area contributed by atoms with Crippen molar-refractivity contribution in [1.29, 1.82) is 0 Å². The maximum Gasteiger partial charge on any atom is 0.143 e. The van der Waals surface area contributed by atoms with Crippen molar-refractivity contribution < 1.29 is 0 Å². The Morgan fingerprint density at radius 2 is 2.47 bits per heavy atom. The van der Waals surface area contributed by atoms with Crippen LogP contribution in [0.4, 0.5) is 5.69 Å². The van der Waals surface area contributed by atoms with Gasteiger partial charge < -0.3 is 5.32 Å². The predicted octanol–water partition coefficient (Wildman–Crippen LogP) is 3.80. The highest BCUT2D eigenvalue weighted by Crippen LogP contribution is 2.29. The summed E-state index contributed by atoms with van der Waals surface area (Å²) < 4.78 is 0.841. The number of anilines is 1. The molecule has 1 aliphatic heterocycles. The minimum absolute atomic E-state index is 0.509. The Morgan fingerprint density at radius 1 is 1.67 bits per heavy atom. The smallest absolute Gasteiger partial charge is 0.143 e. The molecule has 15 heavy (non-hydrogen) atoms. The highest BCUT2D eigenvalue weighted by Gasteiger charge is 2.21. The van der Waals surface area contributed by atoms with Gasteiger partial charge in [0.15, 0.2) is 0 Å². The van der Waals surface area contributed by atoms with E-state index < -0.39 is 0 Å². The third-order valence-corrected chi connectivity index (χ3v) is 4.86. The molecule has 0 saturated carbocycles. The summed E-state index contributed by atoms with van der Waals surface area (Å²) in [6, 6.07) is 2.53. The summed E-state index contributed by atoms with van der Waals surface area (Å²) in [5, 5.41) is 4.73. The van der Waals surface area contributed by atoms with Crippen molar-refractivity contribution in [1.82, 2.24) is 4.98 Å². The minimum atomic E-state index is 0.509. The number of rotatable bonds is 2. The average Bonchev–Trinajstić information content (AvgIpc) is 2.58. The molecule has 0 bridgehead atoms. The first kappa shape index (κ1) is 11.6. The zero-order chi connectivity index (χ0) is 10.8. The molecule has 1 fully saturated rings. The normalized spacial score (nSPS) is 25.5. The number of halogens is 2. The zero-order valence-corrected chi connectivity index (χ0v) is 11.5. The van der Waals surface area contributed by atoms with E-state index in [1.54, 1.807) is 6.20 Å². The molecule has 1 aromatic rings. The van der Waals surface area contributed by atoms with Gasteiger partial charge in [-0.3, -0.25) is 0 Å². The SMILES string of the molecule is CC1CC(Nc2cnc(Cl)c(Br)c2)CS1. The molecule has 0 aliphatic carbocycles. The van der Waals surface area contributed by atoms with Crippen LogP contribution in [0.5, 0.6) is 0 Å². The third-order valence-electron chi connectivity index (χ3n) is 2.37. The van der Waals surface area contributed by atoms with Crippen LogP contribution < -0.4 is 5.32 Å². The van der Waals surface area contributed by atoms with Gasteiger partial charge in [0, 0.05) is 17.0 Å². The topological polar surface area (TPSA) is 24.9 Å². The summed E-state index contributed by atoms with van der Waals surface area (Å²) in [5.74, 6) is 1.17. The fourth-order valence-corrected chi connectivity index (χ4v) is 3.25. The lowest BCUT2D eigenvalue weighted by atomic mass is 10.2. The molecule has 1 aromatic heterocycles. The number of hydrogen-bond donors (Lipinski definition) is 1. The molecule has 1 saturated heterocycles. The van der Waals surface area contributed by atoms with Crippen molar-refractivity contribution in [3.8, 4) is 0 Å². The molecule has 2 unspecified atom stereocenters. The second-order valence-electron chi connectivity index (χ2n) is 3.72. The molecule has 2 atom stereocenters. The van der Waals surface area contributed by atoms with Gasteiger partial charge in [-0.05, 0) is 28.4 Å². The lowest BCUT2D eigenvalue weighted by Gasteiger charge is -2.13. The van der Waals surface area contributed by atoms with Crippen LogP contribution in [-0.2, 0) is 0 Å². The number of hydrogen-bond acceptors (Lipinski definition) is 3. The van der Waals surface area contributed by atoms with Gasteiger partial charge in [-0.2, -0.15) is 11.8 Å². The first-order valence-corrected chi connectivity index (χ1v) is 7.06. The van der Waals surface area contributed by atoms with Gasteiger partial charge in [0.05, 0.1) is 16.4 Å². The minimum Gasteiger partial charge on any atom is -0.380 e. The highest BCUT2D eigenvalue weighted by molar-refractivity contribution is 9.10. The Bertz CT molecular complexity index is 361. The maximum atomic E-state index is 5.83. The van der Waals surface area contributed by atoms with E-state index in [1.165, 1.54) is 12.2 Å². The van der Waals surface area contributed by atoms with E-state index in [1.807, 2.05) is 17.8 Å². The fourth-order valence-electron chi connectivity index (χ4n) is 1.65. The van der Waals surface area contributed by atoms with Crippen LogP contribution in [0.2, 0.25) is 5.15 Å². The van der Waals surface area contributed by atoms with Gasteiger partial charge in [0.1, 0.15) is 5.15 Å². The third kappa shape index (κ3) is 3.02. The van der Waals surface area contributed by atoms with Crippen LogP contribution in [-0.4, -0.2) is 22.0 Å². The lowest BCUT2D eigenvalue weighted by molar-refractivity contribution is 0.746. The van der Waals surface area contributed by atoms with E-state index in [-0.39, 0.29) is 0 Å². The second kappa shape index (κ2) is 4.93. The Morgan fingerprint density at radius 3 is 3.07 bits per heavy atom. The molecular weight excluding hydrogens is 296 g/mol. The fraction of sp³-hybridized carbons (Fsp3) is 0.500. The Balaban J connectivity index is 2.02. The van der Waals surface area contributed by atoms with Gasteiger partial charge in [0.2, 0.25) is 0 Å². The molecule has 1 aliphatic rings. The van der Waals surface area contributed by atoms with Crippen LogP contribution in [0.1, 0.15) is 13.3 Å². The number of pyridine rings is 1. The predicted molar refractivity (Wildman–Crippen MR) is 70.9 cm³/mol. The van der Waals surface area contributed by atoms with Gasteiger partial charge in [-0.1, -0.05) is 18.5 Å². The summed E-state index contributed by atoms with van der Waals surface area (Å²) in [4.78, 5) is 4.09. The molecule has 1 N–H and O–H groups in total. The Hall–Kier alpha value is 0.0700. The molecule has 0 spiro atoms. The number of nitrogens with one attached hydrogen (secondary N) is 1. The molecule has 5 heteroatoms. The van der Waals surface area contributed by atoms with Gasteiger partial charge >= 0.3 is 0 Å². The van der Waals surface area contributed by atoms with E-state index in [9.17, 15) is 0 Å². The van der Waals surface area contributed by atoms with E-state index in [0.29, 0.717) is 11.2 Å². The summed E-state index contributed by atoms with van der Waals surface area (Å²) in [7, 11) is 0. The van der Waals surface area contributed by atoms with Crippen LogP contribution >= 0.6 is 39.3 Å². The van der Waals surface area contributed by atoms with Crippen molar-refractivity contribution in [2.45, 2.75) is 24.6 Å². The first-order valence-electron chi connectivity index (χ1n) is 4.84. The Kier molecular flexibility index (Phi) is 3.80. The van der Waals surface area contributed by atoms with Crippen LogP contribution in [0.25, 0.3) is 0 Å². The van der Waals surface area contributed by atoms with Crippen LogP contribution in [0.3, 0.4) is 0 Å². The van der Waals surface area contributed by atoms with Gasteiger partial charge in [-0.15, -0.1) is 0 Å². The van der Waals surface area contributed by atoms with Crippen molar-refractivity contribution in [3.05, 3.63) is 21.9 Å². The number of aromatic nitrogens is 1. The number of thioether (sulfide) groups is 1. The molecule has 0 amide bonds. The summed E-state index contributed by atoms with van der Waals surface area (Å²) in [6.07, 6.45) is 2.99. The van der Waals surface area contributed by atoms with E-state index in [4.69, 9.17) is 11.6 Å². The van der Waals surface area contributed by atoms with Crippen molar-refractivity contribution in [2.24, 2.45) is 0 Å². The molecule has 2 rings (SSSR count). The largest absolute Gasteiger partial charge is 0.380 e. The van der Waals surface area contributed by atoms with Crippen molar-refractivity contribution >= 4 is 45.0 Å². The first-order chi connectivity index (χ1) is 7.15. The maximum absolute atomic E-state index is 5.83. The molecule has 0 radical (unpaired) electrons. The van der Waals surface area contributed by atoms with Crippen molar-refractivity contribution in [2.75, 3.05) is 11.1 Å². The quantitative estimate of drug-likeness (QED) is 0.841. The molecular formula is C10H12BrClN2S. The Labute approximate surface area is 107 Å². The standard InChI is InChI=1S/C10H12BrClN2S/c1-6-2-8(5-15-6)14-7-3-9(11)10(12)13-4-7/h3-4,6,8,14H,2,5H2,1H3. The van der Waals surface area contributed by atoms with Crippen molar-refractivity contribution in [3.63, 3.8) is 0 Å². The lowest BCUT2D eigenvalue weighted by Crippen LogP contribution is -2.18. The molecule has 2 heterocycles. The van der Waals surface area contributed by atoms with E-state index in [2.05, 4.69) is 33.2 Å². The van der Waals surface area contributed by atoms with E-state index >= 15 is 0 Å². The molecule has 2 nitrogen and oxygen atoms in total. The highest BCUT2D eigenvalue weighted by atomic mass is 79.9. The van der Waals surface area contributed by atoms with Gasteiger partial charge in [-0.25, -0.2) is 4.98 Å². The van der Waals surface area contributed by atoms with Gasteiger partial charge in [0.25, 0.3) is 0 Å². The average molecular weight is 308 g/mol. The zero-order valence-electron chi connectivity index (χ0n) is 8.34. The molecule has 82 valence electrons. The number of nitrogens with zero attached hydrogens (tertiary/aromatic N) is 1. The summed E-state index contributed by atoms with van der Waals surface area (Å²) in [5.41, 5.74) is 1.03. The summed E-state index contributed by atoms with van der Waals surface area (Å²) in [6.45, 7) is 2.27.